The van der Waals surface area contributed by atoms with Crippen LogP contribution < -0.4 is 0 Å². The summed E-state index contributed by atoms with van der Waals surface area (Å²) in [6, 6.07) is 22.4. The van der Waals surface area contributed by atoms with Gasteiger partial charge in [0, 0.05) is 12.1 Å². The van der Waals surface area contributed by atoms with Gasteiger partial charge in [0.2, 0.25) is 5.78 Å². The molecule has 0 N–H and O–H groups in total. The van der Waals surface area contributed by atoms with Gasteiger partial charge in [-0.3, -0.25) is 4.79 Å². The number of hydrogen-bond acceptors (Lipinski definition) is 3. The van der Waals surface area contributed by atoms with Crippen LogP contribution in [0.2, 0.25) is 0 Å². The Hall–Kier alpha value is -3.78. The number of nitriles is 1. The van der Waals surface area contributed by atoms with Crippen molar-refractivity contribution >= 4 is 16.8 Å². The quantitative estimate of drug-likeness (QED) is 0.512. The van der Waals surface area contributed by atoms with Crippen LogP contribution >= 0.6 is 0 Å². The van der Waals surface area contributed by atoms with Crippen molar-refractivity contribution in [3.05, 3.63) is 101 Å². The summed E-state index contributed by atoms with van der Waals surface area (Å²) in [6.07, 6.45) is 0. The van der Waals surface area contributed by atoms with Crippen LogP contribution in [-0.4, -0.2) is 15.3 Å². The largest absolute Gasteiger partial charge is 0.317 e. The number of aromatic nitrogens is 2. The van der Waals surface area contributed by atoms with Gasteiger partial charge < -0.3 is 4.57 Å². The topological polar surface area (TPSA) is 58.7 Å². The van der Waals surface area contributed by atoms with Crippen LogP contribution in [-0.2, 0) is 6.54 Å². The van der Waals surface area contributed by atoms with Crippen molar-refractivity contribution < 1.29 is 9.18 Å². The summed E-state index contributed by atoms with van der Waals surface area (Å²) in [5.74, 6) is -0.573. The maximum absolute atomic E-state index is 13.6. The number of imidazole rings is 1. The smallest absolute Gasteiger partial charge is 0.228 e. The van der Waals surface area contributed by atoms with Crippen molar-refractivity contribution in [3.8, 4) is 6.07 Å². The molecular formula is C22H14FN3O. The van der Waals surface area contributed by atoms with Crippen LogP contribution in [0, 0.1) is 17.1 Å². The second kappa shape index (κ2) is 6.85. The molecule has 0 spiro atoms. The highest BCUT2D eigenvalue weighted by atomic mass is 19.1. The first-order chi connectivity index (χ1) is 13.2. The first-order valence-corrected chi connectivity index (χ1v) is 8.40. The Morgan fingerprint density at radius 1 is 1.04 bits per heavy atom. The summed E-state index contributed by atoms with van der Waals surface area (Å²) in [7, 11) is 0. The van der Waals surface area contributed by atoms with Crippen molar-refractivity contribution in [2.24, 2.45) is 0 Å². The Morgan fingerprint density at radius 2 is 1.85 bits per heavy atom. The van der Waals surface area contributed by atoms with Gasteiger partial charge in [0.05, 0.1) is 22.7 Å². The summed E-state index contributed by atoms with van der Waals surface area (Å²) in [6.45, 7) is 0.381. The number of fused-ring (bicyclic) bond motifs is 1. The van der Waals surface area contributed by atoms with Gasteiger partial charge in [0.15, 0.2) is 5.82 Å². The van der Waals surface area contributed by atoms with E-state index in [4.69, 9.17) is 5.26 Å². The Labute approximate surface area is 155 Å². The molecule has 0 atom stereocenters. The lowest BCUT2D eigenvalue weighted by Gasteiger charge is -2.09. The van der Waals surface area contributed by atoms with Crippen LogP contribution in [0.4, 0.5) is 4.39 Å². The molecule has 0 aliphatic heterocycles. The first-order valence-electron chi connectivity index (χ1n) is 8.40. The van der Waals surface area contributed by atoms with E-state index in [1.165, 1.54) is 18.2 Å². The van der Waals surface area contributed by atoms with E-state index < -0.39 is 5.82 Å². The maximum atomic E-state index is 13.6. The number of ketones is 1. The molecule has 0 saturated carbocycles. The van der Waals surface area contributed by atoms with Crippen LogP contribution in [0.3, 0.4) is 0 Å². The average molecular weight is 355 g/mol. The van der Waals surface area contributed by atoms with Crippen LogP contribution in [0.1, 0.15) is 27.3 Å². The number of halogens is 1. The van der Waals surface area contributed by atoms with E-state index in [9.17, 15) is 9.18 Å². The van der Waals surface area contributed by atoms with Gasteiger partial charge in [-0.05, 0) is 42.0 Å². The third-order valence-corrected chi connectivity index (χ3v) is 4.34. The van der Waals surface area contributed by atoms with E-state index in [1.54, 1.807) is 28.8 Å². The van der Waals surface area contributed by atoms with Gasteiger partial charge in [-0.2, -0.15) is 5.26 Å². The normalized spacial score (nSPS) is 10.7. The second-order valence-corrected chi connectivity index (χ2v) is 6.16. The Bertz CT molecular complexity index is 1200. The molecular weight excluding hydrogens is 341 g/mol. The molecule has 0 bridgehead atoms. The lowest BCUT2D eigenvalue weighted by atomic mass is 10.1. The Morgan fingerprint density at radius 3 is 2.67 bits per heavy atom. The van der Waals surface area contributed by atoms with Crippen molar-refractivity contribution in [1.82, 2.24) is 9.55 Å². The van der Waals surface area contributed by atoms with Crippen molar-refractivity contribution in [1.29, 1.82) is 5.26 Å². The van der Waals surface area contributed by atoms with E-state index in [0.717, 1.165) is 11.1 Å². The SMILES string of the molecule is N#Cc1cccc(Cn2c(C(=O)c3cccc(F)c3)nc3ccccc32)c1. The fraction of sp³-hybridized carbons (Fsp3) is 0.0455. The molecule has 1 heterocycles. The number of carbonyl (C=O) groups excluding carboxylic acids is 1. The fourth-order valence-electron chi connectivity index (χ4n) is 3.09. The molecule has 5 heteroatoms. The second-order valence-electron chi connectivity index (χ2n) is 6.16. The minimum absolute atomic E-state index is 0.240. The summed E-state index contributed by atoms with van der Waals surface area (Å²) >= 11 is 0. The van der Waals surface area contributed by atoms with Gasteiger partial charge in [-0.1, -0.05) is 36.4 Å². The molecule has 0 saturated heterocycles. The zero-order valence-electron chi connectivity index (χ0n) is 14.3. The van der Waals surface area contributed by atoms with Gasteiger partial charge in [-0.15, -0.1) is 0 Å². The van der Waals surface area contributed by atoms with Gasteiger partial charge in [0.25, 0.3) is 0 Å². The number of carbonyl (C=O) groups is 1. The summed E-state index contributed by atoms with van der Waals surface area (Å²) in [5, 5.41) is 9.12. The number of rotatable bonds is 4. The molecule has 0 aliphatic rings. The zero-order valence-corrected chi connectivity index (χ0v) is 14.3. The molecule has 0 unspecified atom stereocenters. The number of para-hydroxylation sites is 2. The molecule has 130 valence electrons. The highest BCUT2D eigenvalue weighted by Gasteiger charge is 2.19. The van der Waals surface area contributed by atoms with Crippen molar-refractivity contribution in [2.45, 2.75) is 6.54 Å². The predicted molar refractivity (Wildman–Crippen MR) is 99.8 cm³/mol. The molecule has 4 aromatic rings. The summed E-state index contributed by atoms with van der Waals surface area (Å²) < 4.78 is 15.4. The highest BCUT2D eigenvalue weighted by molar-refractivity contribution is 6.08. The van der Waals surface area contributed by atoms with E-state index >= 15 is 0 Å². The minimum atomic E-state index is -0.467. The third-order valence-electron chi connectivity index (χ3n) is 4.34. The predicted octanol–water partition coefficient (Wildman–Crippen LogP) is 4.33. The molecule has 4 rings (SSSR count). The van der Waals surface area contributed by atoms with Crippen molar-refractivity contribution in [2.75, 3.05) is 0 Å². The summed E-state index contributed by atoms with van der Waals surface area (Å²) in [4.78, 5) is 17.5. The lowest BCUT2D eigenvalue weighted by molar-refractivity contribution is 0.102. The summed E-state index contributed by atoms with van der Waals surface area (Å²) in [5.41, 5.74) is 3.17. The lowest BCUT2D eigenvalue weighted by Crippen LogP contribution is -2.12. The third kappa shape index (κ3) is 3.21. The molecule has 3 aromatic carbocycles. The Kier molecular flexibility index (Phi) is 4.23. The van der Waals surface area contributed by atoms with Gasteiger partial charge in [0.1, 0.15) is 5.82 Å². The highest BCUT2D eigenvalue weighted by Crippen LogP contribution is 2.21. The maximum Gasteiger partial charge on any atom is 0.228 e. The van der Waals surface area contributed by atoms with Gasteiger partial charge in [-0.25, -0.2) is 9.37 Å². The molecule has 1 aromatic heterocycles. The minimum Gasteiger partial charge on any atom is -0.317 e. The van der Waals surface area contributed by atoms with Crippen LogP contribution in [0.25, 0.3) is 11.0 Å². The number of benzene rings is 3. The molecule has 0 radical (unpaired) electrons. The fourth-order valence-corrected chi connectivity index (χ4v) is 3.09. The van der Waals surface area contributed by atoms with E-state index in [-0.39, 0.29) is 17.2 Å². The molecule has 0 aliphatic carbocycles. The molecule has 27 heavy (non-hydrogen) atoms. The number of hydrogen-bond donors (Lipinski definition) is 0. The number of nitrogens with zero attached hydrogens (tertiary/aromatic N) is 3. The van der Waals surface area contributed by atoms with E-state index in [0.29, 0.717) is 17.6 Å². The molecule has 4 nitrogen and oxygen atoms in total. The van der Waals surface area contributed by atoms with E-state index in [1.807, 2.05) is 30.3 Å². The monoisotopic (exact) mass is 355 g/mol. The zero-order chi connectivity index (χ0) is 18.8. The standard InChI is InChI=1S/C22H14FN3O/c23-18-8-4-7-17(12-18)21(27)22-25-19-9-1-2-10-20(19)26(22)14-16-6-3-5-15(11-16)13-24/h1-12H,14H2. The Balaban J connectivity index is 1.84. The molecule has 0 amide bonds. The molecule has 0 fully saturated rings. The average Bonchev–Trinajstić information content (AvgIpc) is 3.06. The van der Waals surface area contributed by atoms with Gasteiger partial charge >= 0.3 is 0 Å². The van der Waals surface area contributed by atoms with Crippen LogP contribution in [0.5, 0.6) is 0 Å². The van der Waals surface area contributed by atoms with Crippen molar-refractivity contribution in [3.63, 3.8) is 0 Å². The van der Waals surface area contributed by atoms with Crippen LogP contribution in [0.15, 0.2) is 72.8 Å². The van der Waals surface area contributed by atoms with E-state index in [2.05, 4.69) is 11.1 Å². The first kappa shape index (κ1) is 16.7.